The van der Waals surface area contributed by atoms with Crippen LogP contribution in [-0.4, -0.2) is 35.8 Å². The largest absolute Gasteiger partial charge is 0.493 e. The third-order valence-electron chi connectivity index (χ3n) is 4.73. The van der Waals surface area contributed by atoms with Gasteiger partial charge in [-0.3, -0.25) is 14.5 Å². The van der Waals surface area contributed by atoms with E-state index in [0.29, 0.717) is 24.3 Å². The number of hydrogen-bond acceptors (Lipinski definition) is 4. The van der Waals surface area contributed by atoms with Crippen molar-refractivity contribution in [1.29, 1.82) is 0 Å². The monoisotopic (exact) mass is 370 g/mol. The zero-order valence-electron chi connectivity index (χ0n) is 13.7. The van der Waals surface area contributed by atoms with Gasteiger partial charge in [0.25, 0.3) is 5.91 Å². The zero-order valence-corrected chi connectivity index (χ0v) is 14.5. The average Bonchev–Trinajstić information content (AvgIpc) is 2.87. The second kappa shape index (κ2) is 6.14. The van der Waals surface area contributed by atoms with Crippen LogP contribution in [-0.2, 0) is 10.3 Å². The lowest BCUT2D eigenvalue weighted by atomic mass is 9.84. The Morgan fingerprint density at radius 2 is 1.88 bits per heavy atom. The maximum Gasteiger partial charge on any atom is 0.325 e. The number of amides is 3. The lowest BCUT2D eigenvalue weighted by Gasteiger charge is -2.33. The fraction of sp³-hybridized carbons (Fsp3) is 0.211. The fourth-order valence-electron chi connectivity index (χ4n) is 3.43. The number of ketones is 1. The first-order chi connectivity index (χ1) is 12.5. The number of nitrogens with zero attached hydrogens (tertiary/aromatic N) is 1. The van der Waals surface area contributed by atoms with Gasteiger partial charge < -0.3 is 10.1 Å². The normalized spacial score (nSPS) is 21.3. The van der Waals surface area contributed by atoms with Crippen molar-refractivity contribution in [3.63, 3.8) is 0 Å². The minimum Gasteiger partial charge on any atom is -0.493 e. The van der Waals surface area contributed by atoms with Gasteiger partial charge in [-0.2, -0.15) is 0 Å². The van der Waals surface area contributed by atoms with Crippen molar-refractivity contribution in [2.45, 2.75) is 12.0 Å². The summed E-state index contributed by atoms with van der Waals surface area (Å²) in [6, 6.07) is 13.1. The van der Waals surface area contributed by atoms with Crippen molar-refractivity contribution >= 4 is 29.3 Å². The summed E-state index contributed by atoms with van der Waals surface area (Å²) in [7, 11) is 0. The van der Waals surface area contributed by atoms with Gasteiger partial charge in [0.05, 0.1) is 18.2 Å². The smallest absolute Gasteiger partial charge is 0.325 e. The molecule has 132 valence electrons. The van der Waals surface area contributed by atoms with Gasteiger partial charge in [-0.1, -0.05) is 41.9 Å². The molecule has 0 aliphatic carbocycles. The van der Waals surface area contributed by atoms with Gasteiger partial charge in [-0.25, -0.2) is 4.79 Å². The molecule has 1 saturated heterocycles. The summed E-state index contributed by atoms with van der Waals surface area (Å²) in [4.78, 5) is 39.1. The summed E-state index contributed by atoms with van der Waals surface area (Å²) < 4.78 is 5.59. The van der Waals surface area contributed by atoms with Crippen molar-refractivity contribution in [3.05, 3.63) is 64.7 Å². The summed E-state index contributed by atoms with van der Waals surface area (Å²) >= 11 is 6.05. The maximum atomic E-state index is 13.1. The minimum atomic E-state index is -1.19. The molecule has 1 N–H and O–H groups in total. The van der Waals surface area contributed by atoms with Crippen LogP contribution in [0.4, 0.5) is 4.79 Å². The van der Waals surface area contributed by atoms with Crippen LogP contribution in [0.1, 0.15) is 22.3 Å². The number of urea groups is 1. The van der Waals surface area contributed by atoms with Crippen LogP contribution in [0.2, 0.25) is 5.02 Å². The van der Waals surface area contributed by atoms with Crippen LogP contribution in [0, 0.1) is 0 Å². The third-order valence-corrected chi connectivity index (χ3v) is 5.06. The molecule has 4 rings (SSSR count). The molecular formula is C19H15ClN2O4. The highest BCUT2D eigenvalue weighted by atomic mass is 35.5. The van der Waals surface area contributed by atoms with Gasteiger partial charge in [0.1, 0.15) is 5.75 Å². The molecule has 0 aromatic heterocycles. The molecule has 0 saturated carbocycles. The Kier molecular flexibility index (Phi) is 3.92. The number of benzene rings is 2. The van der Waals surface area contributed by atoms with Crippen molar-refractivity contribution in [3.8, 4) is 5.75 Å². The number of hydrogen-bond donors (Lipinski definition) is 1. The van der Waals surface area contributed by atoms with Crippen LogP contribution < -0.4 is 10.1 Å². The molecule has 1 atom stereocenters. The number of para-hydroxylation sites is 1. The highest BCUT2D eigenvalue weighted by Gasteiger charge is 2.55. The Morgan fingerprint density at radius 1 is 1.15 bits per heavy atom. The highest BCUT2D eigenvalue weighted by Crippen LogP contribution is 2.41. The number of carbonyl (C=O) groups is 3. The molecule has 1 fully saturated rings. The predicted molar refractivity (Wildman–Crippen MR) is 94.3 cm³/mol. The number of halogens is 1. The number of fused-ring (bicyclic) bond motifs is 2. The molecular weight excluding hydrogens is 356 g/mol. The van der Waals surface area contributed by atoms with Crippen molar-refractivity contribution in [2.24, 2.45) is 0 Å². The second-order valence-electron chi connectivity index (χ2n) is 6.22. The maximum absolute atomic E-state index is 13.1. The number of nitrogens with one attached hydrogen (secondary N) is 1. The lowest BCUT2D eigenvalue weighted by molar-refractivity contribution is -0.132. The van der Waals surface area contributed by atoms with Gasteiger partial charge in [-0.05, 0) is 18.2 Å². The summed E-state index contributed by atoms with van der Waals surface area (Å²) in [6.45, 7) is -0.0610. The lowest BCUT2D eigenvalue weighted by Crippen LogP contribution is -2.47. The van der Waals surface area contributed by atoms with Gasteiger partial charge in [0, 0.05) is 17.5 Å². The quantitative estimate of drug-likeness (QED) is 0.666. The van der Waals surface area contributed by atoms with Gasteiger partial charge in [0.15, 0.2) is 11.3 Å². The first-order valence-electron chi connectivity index (χ1n) is 8.17. The molecule has 1 spiro atoms. The summed E-state index contributed by atoms with van der Waals surface area (Å²) in [6.07, 6.45) is 0.311. The van der Waals surface area contributed by atoms with Gasteiger partial charge in [-0.15, -0.1) is 0 Å². The van der Waals surface area contributed by atoms with Crippen LogP contribution >= 0.6 is 11.6 Å². The zero-order chi connectivity index (χ0) is 18.3. The summed E-state index contributed by atoms with van der Waals surface area (Å²) in [5.74, 6) is -0.276. The van der Waals surface area contributed by atoms with E-state index in [1.54, 1.807) is 48.5 Å². The van der Waals surface area contributed by atoms with E-state index >= 15 is 0 Å². The minimum absolute atomic E-state index is 0.281. The molecule has 0 bridgehead atoms. The molecule has 2 aromatic rings. The molecule has 7 heteroatoms. The standard InChI is InChI=1S/C19H15ClN2O4/c20-14-7-3-1-5-12(14)15(23)11-22-17(24)19(21-18(22)25)9-10-26-16-8-4-2-6-13(16)19/h1-8H,9-11H2,(H,21,25)/t19-/m0/s1. The second-order valence-corrected chi connectivity index (χ2v) is 6.63. The van der Waals surface area contributed by atoms with E-state index in [1.807, 2.05) is 0 Å². The van der Waals surface area contributed by atoms with E-state index in [2.05, 4.69) is 5.32 Å². The topological polar surface area (TPSA) is 75.7 Å². The van der Waals surface area contributed by atoms with Crippen LogP contribution in [0.15, 0.2) is 48.5 Å². The van der Waals surface area contributed by atoms with E-state index in [4.69, 9.17) is 16.3 Å². The highest BCUT2D eigenvalue weighted by molar-refractivity contribution is 6.34. The molecule has 3 amide bonds. The van der Waals surface area contributed by atoms with E-state index in [-0.39, 0.29) is 17.1 Å². The van der Waals surface area contributed by atoms with Crippen molar-refractivity contribution in [2.75, 3.05) is 13.2 Å². The summed E-state index contributed by atoms with van der Waals surface area (Å²) in [5, 5.41) is 3.06. The first-order valence-corrected chi connectivity index (χ1v) is 8.55. The van der Waals surface area contributed by atoms with Gasteiger partial charge >= 0.3 is 6.03 Å². The van der Waals surface area contributed by atoms with Crippen LogP contribution in [0.25, 0.3) is 0 Å². The predicted octanol–water partition coefficient (Wildman–Crippen LogP) is 2.75. The SMILES string of the molecule is O=C(CN1C(=O)N[C@]2(CCOc3ccccc32)C1=O)c1ccccc1Cl. The molecule has 0 radical (unpaired) electrons. The Bertz CT molecular complexity index is 929. The van der Waals surface area contributed by atoms with Crippen LogP contribution in [0.3, 0.4) is 0 Å². The van der Waals surface area contributed by atoms with Crippen molar-refractivity contribution in [1.82, 2.24) is 10.2 Å². The van der Waals surface area contributed by atoms with Crippen molar-refractivity contribution < 1.29 is 19.1 Å². The number of rotatable bonds is 3. The molecule has 0 unspecified atom stereocenters. The Morgan fingerprint density at radius 3 is 2.69 bits per heavy atom. The van der Waals surface area contributed by atoms with E-state index in [9.17, 15) is 14.4 Å². The number of ether oxygens (including phenoxy) is 1. The molecule has 26 heavy (non-hydrogen) atoms. The first kappa shape index (κ1) is 16.6. The van der Waals surface area contributed by atoms with Crippen LogP contribution in [0.5, 0.6) is 5.75 Å². The summed E-state index contributed by atoms with van der Waals surface area (Å²) in [5.41, 5.74) is -0.299. The Hall–Kier alpha value is -2.86. The van der Waals surface area contributed by atoms with Gasteiger partial charge in [0.2, 0.25) is 0 Å². The molecule has 2 aliphatic heterocycles. The molecule has 2 aromatic carbocycles. The van der Waals surface area contributed by atoms with E-state index in [1.165, 1.54) is 0 Å². The number of Topliss-reactive ketones (excluding diaryl/α,β-unsaturated/α-hetero) is 1. The molecule has 2 heterocycles. The molecule has 6 nitrogen and oxygen atoms in total. The number of imide groups is 1. The van der Waals surface area contributed by atoms with E-state index < -0.39 is 23.3 Å². The number of carbonyl (C=O) groups excluding carboxylic acids is 3. The fourth-order valence-corrected chi connectivity index (χ4v) is 3.67. The van der Waals surface area contributed by atoms with E-state index in [0.717, 1.165) is 4.90 Å². The molecule has 2 aliphatic rings. The Labute approximate surface area is 154 Å². The Balaban J connectivity index is 1.65. The third kappa shape index (κ3) is 2.45. The average molecular weight is 371 g/mol.